The van der Waals surface area contributed by atoms with Crippen molar-refractivity contribution < 1.29 is 19.1 Å². The number of carbonyl (C=O) groups excluding carboxylic acids is 1. The van der Waals surface area contributed by atoms with Crippen molar-refractivity contribution in [3.63, 3.8) is 0 Å². The highest BCUT2D eigenvalue weighted by Gasteiger charge is 2.58. The zero-order chi connectivity index (χ0) is 15.3. The van der Waals surface area contributed by atoms with E-state index in [-0.39, 0.29) is 11.7 Å². The molecule has 0 aromatic heterocycles. The van der Waals surface area contributed by atoms with Gasteiger partial charge >= 0.3 is 5.97 Å². The second kappa shape index (κ2) is 4.55. The van der Waals surface area contributed by atoms with Gasteiger partial charge in [-0.3, -0.25) is 4.79 Å². The Labute approximate surface area is 122 Å². The van der Waals surface area contributed by atoms with Crippen molar-refractivity contribution in [2.45, 2.75) is 43.6 Å². The molecule has 1 atom stereocenters. The maximum Gasteiger partial charge on any atom is 0.329 e. The smallest absolute Gasteiger partial charge is 0.329 e. The van der Waals surface area contributed by atoms with E-state index in [0.717, 1.165) is 5.56 Å². The van der Waals surface area contributed by atoms with E-state index in [4.69, 9.17) is 0 Å². The first-order valence-electron chi connectivity index (χ1n) is 7.22. The maximum absolute atomic E-state index is 13.1. The van der Waals surface area contributed by atoms with Gasteiger partial charge in [-0.05, 0) is 50.3 Å². The van der Waals surface area contributed by atoms with Crippen molar-refractivity contribution in [1.82, 2.24) is 4.90 Å². The molecule has 2 aliphatic rings. The van der Waals surface area contributed by atoms with E-state index < -0.39 is 16.9 Å². The van der Waals surface area contributed by atoms with Gasteiger partial charge < -0.3 is 10.0 Å². The lowest BCUT2D eigenvalue weighted by Crippen LogP contribution is -2.53. The number of likely N-dealkylation sites (tertiary alicyclic amines) is 1. The van der Waals surface area contributed by atoms with Gasteiger partial charge in [-0.2, -0.15) is 0 Å². The second-order valence-corrected chi connectivity index (χ2v) is 6.23. The van der Waals surface area contributed by atoms with Crippen LogP contribution < -0.4 is 0 Å². The summed E-state index contributed by atoms with van der Waals surface area (Å²) in [5, 5.41) is 9.44. The molecule has 1 saturated heterocycles. The predicted octanol–water partition coefficient (Wildman–Crippen LogP) is 2.32. The van der Waals surface area contributed by atoms with E-state index in [9.17, 15) is 19.1 Å². The molecule has 1 aliphatic heterocycles. The molecule has 21 heavy (non-hydrogen) atoms. The zero-order valence-electron chi connectivity index (χ0n) is 11.9. The Balaban J connectivity index is 1.91. The van der Waals surface area contributed by atoms with E-state index in [0.29, 0.717) is 32.2 Å². The van der Waals surface area contributed by atoms with Crippen LogP contribution in [-0.2, 0) is 15.0 Å². The monoisotopic (exact) mass is 291 g/mol. The van der Waals surface area contributed by atoms with Crippen molar-refractivity contribution in [2.75, 3.05) is 6.54 Å². The molecule has 2 fully saturated rings. The molecule has 0 spiro atoms. The number of carboxylic acid groups (broad SMARTS) is 1. The van der Waals surface area contributed by atoms with E-state index in [1.807, 2.05) is 0 Å². The van der Waals surface area contributed by atoms with Gasteiger partial charge in [0.25, 0.3) is 0 Å². The molecule has 4 nitrogen and oxygen atoms in total. The lowest BCUT2D eigenvalue weighted by molar-refractivity contribution is -0.156. The molecule has 1 aliphatic carbocycles. The van der Waals surface area contributed by atoms with Crippen LogP contribution in [0.3, 0.4) is 0 Å². The van der Waals surface area contributed by atoms with Gasteiger partial charge in [-0.1, -0.05) is 12.1 Å². The highest BCUT2D eigenvalue weighted by Crippen LogP contribution is 2.51. The highest BCUT2D eigenvalue weighted by atomic mass is 19.1. The first-order valence-corrected chi connectivity index (χ1v) is 7.22. The lowest BCUT2D eigenvalue weighted by atomic mass is 9.91. The molecule has 1 heterocycles. The first-order chi connectivity index (χ1) is 9.90. The Hall–Kier alpha value is -1.91. The minimum absolute atomic E-state index is 0.128. The fraction of sp³-hybridized carbons (Fsp3) is 0.500. The molecular weight excluding hydrogens is 273 g/mol. The minimum Gasteiger partial charge on any atom is -0.480 e. The number of hydrogen-bond donors (Lipinski definition) is 1. The Morgan fingerprint density at radius 1 is 1.19 bits per heavy atom. The van der Waals surface area contributed by atoms with Crippen LogP contribution >= 0.6 is 0 Å². The molecule has 1 unspecified atom stereocenters. The molecule has 5 heteroatoms. The number of halogens is 1. The highest BCUT2D eigenvalue weighted by molar-refractivity contribution is 5.95. The van der Waals surface area contributed by atoms with E-state index >= 15 is 0 Å². The molecule has 1 aromatic carbocycles. The third-order valence-electron chi connectivity index (χ3n) is 4.90. The van der Waals surface area contributed by atoms with Crippen molar-refractivity contribution in [3.8, 4) is 0 Å². The number of carboxylic acids is 1. The molecule has 1 N–H and O–H groups in total. The Bertz CT molecular complexity index is 594. The lowest BCUT2D eigenvalue weighted by Gasteiger charge is -2.34. The van der Waals surface area contributed by atoms with Crippen LogP contribution in [0.1, 0.15) is 38.2 Å². The predicted molar refractivity (Wildman–Crippen MR) is 74.3 cm³/mol. The number of amides is 1. The number of nitrogens with zero attached hydrogens (tertiary/aromatic N) is 1. The molecule has 0 bridgehead atoms. The molecule has 1 saturated carbocycles. The van der Waals surface area contributed by atoms with Crippen LogP contribution in [-0.4, -0.2) is 34.0 Å². The first kappa shape index (κ1) is 14.0. The molecule has 3 rings (SSSR count). The maximum atomic E-state index is 13.1. The number of hydrogen-bond acceptors (Lipinski definition) is 2. The molecule has 1 aromatic rings. The third-order valence-corrected chi connectivity index (χ3v) is 4.90. The second-order valence-electron chi connectivity index (χ2n) is 6.23. The summed E-state index contributed by atoms with van der Waals surface area (Å²) in [7, 11) is 0. The summed E-state index contributed by atoms with van der Waals surface area (Å²) >= 11 is 0. The van der Waals surface area contributed by atoms with Gasteiger partial charge in [0.05, 0.1) is 5.41 Å². The van der Waals surface area contributed by atoms with Gasteiger partial charge in [0, 0.05) is 6.54 Å². The van der Waals surface area contributed by atoms with Gasteiger partial charge in [-0.25, -0.2) is 9.18 Å². The van der Waals surface area contributed by atoms with Crippen molar-refractivity contribution in [3.05, 3.63) is 35.6 Å². The van der Waals surface area contributed by atoms with Crippen LogP contribution in [0.5, 0.6) is 0 Å². The number of carbonyl (C=O) groups is 2. The number of rotatable bonds is 3. The summed E-state index contributed by atoms with van der Waals surface area (Å²) in [6, 6.07) is 5.97. The fourth-order valence-electron chi connectivity index (χ4n) is 3.29. The number of benzene rings is 1. The Kier molecular flexibility index (Phi) is 3.04. The SMILES string of the molecule is CC1(C(=O)O)CCCN1C(=O)C1(c2ccc(F)cc2)CC1. The van der Waals surface area contributed by atoms with Crippen LogP contribution in [0.2, 0.25) is 0 Å². The molecular formula is C16H18FNO3. The normalized spacial score (nSPS) is 26.7. The number of aliphatic carboxylic acids is 1. The van der Waals surface area contributed by atoms with Crippen LogP contribution in [0.4, 0.5) is 4.39 Å². The largest absolute Gasteiger partial charge is 0.480 e. The Morgan fingerprint density at radius 2 is 1.81 bits per heavy atom. The Morgan fingerprint density at radius 3 is 2.33 bits per heavy atom. The molecule has 112 valence electrons. The van der Waals surface area contributed by atoms with Crippen LogP contribution in [0.25, 0.3) is 0 Å². The van der Waals surface area contributed by atoms with Gasteiger partial charge in [0.2, 0.25) is 5.91 Å². The minimum atomic E-state index is -1.12. The van der Waals surface area contributed by atoms with Crippen molar-refractivity contribution >= 4 is 11.9 Å². The summed E-state index contributed by atoms with van der Waals surface area (Å²) in [4.78, 5) is 25.9. The van der Waals surface area contributed by atoms with E-state index in [2.05, 4.69) is 0 Å². The summed E-state index contributed by atoms with van der Waals surface area (Å²) in [6.07, 6.45) is 2.58. The summed E-state index contributed by atoms with van der Waals surface area (Å²) < 4.78 is 13.1. The van der Waals surface area contributed by atoms with Gasteiger partial charge in [0.1, 0.15) is 11.4 Å². The van der Waals surface area contributed by atoms with Gasteiger partial charge in [0.15, 0.2) is 0 Å². The van der Waals surface area contributed by atoms with Crippen LogP contribution in [0, 0.1) is 5.82 Å². The fourth-order valence-corrected chi connectivity index (χ4v) is 3.29. The van der Waals surface area contributed by atoms with Crippen LogP contribution in [0.15, 0.2) is 24.3 Å². The van der Waals surface area contributed by atoms with E-state index in [1.165, 1.54) is 17.0 Å². The summed E-state index contributed by atoms with van der Waals surface area (Å²) in [5.74, 6) is -1.42. The van der Waals surface area contributed by atoms with Crippen molar-refractivity contribution in [2.24, 2.45) is 0 Å². The molecule has 1 amide bonds. The third kappa shape index (κ3) is 2.03. The van der Waals surface area contributed by atoms with Crippen molar-refractivity contribution in [1.29, 1.82) is 0 Å². The summed E-state index contributed by atoms with van der Waals surface area (Å²) in [6.45, 7) is 2.09. The van der Waals surface area contributed by atoms with E-state index in [1.54, 1.807) is 19.1 Å². The standard InChI is InChI=1S/C16H18FNO3/c1-15(14(20)21)7-2-10-18(15)13(19)16(8-9-16)11-3-5-12(17)6-4-11/h3-6H,2,7-10H2,1H3,(H,20,21). The zero-order valence-corrected chi connectivity index (χ0v) is 11.9. The molecule has 0 radical (unpaired) electrons. The van der Waals surface area contributed by atoms with Gasteiger partial charge in [-0.15, -0.1) is 0 Å². The average molecular weight is 291 g/mol. The summed E-state index contributed by atoms with van der Waals surface area (Å²) in [5.41, 5.74) is -0.977. The topological polar surface area (TPSA) is 57.6 Å². The average Bonchev–Trinajstić information content (AvgIpc) is 3.16. The quantitative estimate of drug-likeness (QED) is 0.930.